The highest BCUT2D eigenvalue weighted by molar-refractivity contribution is 5.42. The van der Waals surface area contributed by atoms with Crippen molar-refractivity contribution in [3.05, 3.63) is 63.6 Å². The van der Waals surface area contributed by atoms with E-state index in [4.69, 9.17) is 4.74 Å². The van der Waals surface area contributed by atoms with Gasteiger partial charge in [0, 0.05) is 49.4 Å². The summed E-state index contributed by atoms with van der Waals surface area (Å²) in [7, 11) is 1.67. The first-order chi connectivity index (χ1) is 10.1. The van der Waals surface area contributed by atoms with E-state index in [0.29, 0.717) is 13.2 Å². The molecule has 1 aromatic heterocycles. The van der Waals surface area contributed by atoms with Gasteiger partial charge in [0.15, 0.2) is 5.43 Å². The van der Waals surface area contributed by atoms with Gasteiger partial charge in [-0.3, -0.25) is 4.79 Å². The predicted molar refractivity (Wildman–Crippen MR) is 85.1 cm³/mol. The van der Waals surface area contributed by atoms with Crippen molar-refractivity contribution in [1.82, 2.24) is 9.88 Å². The van der Waals surface area contributed by atoms with E-state index in [1.54, 1.807) is 13.2 Å². The molecule has 0 aliphatic carbocycles. The molecule has 21 heavy (non-hydrogen) atoms. The van der Waals surface area contributed by atoms with E-state index in [1.165, 1.54) is 5.56 Å². The molecule has 0 radical (unpaired) electrons. The lowest BCUT2D eigenvalue weighted by Gasteiger charge is -2.15. The van der Waals surface area contributed by atoms with E-state index < -0.39 is 0 Å². The summed E-state index contributed by atoms with van der Waals surface area (Å²) in [5, 5.41) is 3.22. The van der Waals surface area contributed by atoms with Gasteiger partial charge in [0.1, 0.15) is 0 Å². The van der Waals surface area contributed by atoms with Crippen LogP contribution in [0.15, 0.2) is 41.3 Å². The summed E-state index contributed by atoms with van der Waals surface area (Å²) in [5.41, 5.74) is 4.06. The SMILES string of the molecule is COCCNCc1cn(-c2ccccc2C)c(C)cc1=O. The zero-order valence-electron chi connectivity index (χ0n) is 12.8. The van der Waals surface area contributed by atoms with Crippen molar-refractivity contribution in [2.75, 3.05) is 20.3 Å². The Labute approximate surface area is 125 Å². The number of ether oxygens (including phenoxy) is 1. The van der Waals surface area contributed by atoms with Crippen LogP contribution < -0.4 is 10.7 Å². The van der Waals surface area contributed by atoms with Crippen molar-refractivity contribution in [3.63, 3.8) is 0 Å². The Bertz CT molecular complexity index is 662. The average molecular weight is 286 g/mol. The van der Waals surface area contributed by atoms with Gasteiger partial charge in [-0.1, -0.05) is 18.2 Å². The summed E-state index contributed by atoms with van der Waals surface area (Å²) >= 11 is 0. The van der Waals surface area contributed by atoms with Crippen LogP contribution in [0.1, 0.15) is 16.8 Å². The average Bonchev–Trinajstić information content (AvgIpc) is 2.46. The van der Waals surface area contributed by atoms with Crippen LogP contribution in [0.25, 0.3) is 5.69 Å². The molecular weight excluding hydrogens is 264 g/mol. The van der Waals surface area contributed by atoms with E-state index in [-0.39, 0.29) is 5.43 Å². The first-order valence-electron chi connectivity index (χ1n) is 7.11. The molecule has 0 aliphatic rings. The molecule has 0 aliphatic heterocycles. The van der Waals surface area contributed by atoms with Crippen LogP contribution in [0.4, 0.5) is 0 Å². The van der Waals surface area contributed by atoms with Gasteiger partial charge in [-0.2, -0.15) is 0 Å². The number of nitrogens with one attached hydrogen (secondary N) is 1. The molecule has 0 spiro atoms. The fourth-order valence-corrected chi connectivity index (χ4v) is 2.30. The molecule has 0 unspecified atom stereocenters. The number of aryl methyl sites for hydroxylation is 2. The number of aromatic nitrogens is 1. The highest BCUT2D eigenvalue weighted by Gasteiger charge is 2.07. The summed E-state index contributed by atoms with van der Waals surface area (Å²) in [6.45, 7) is 5.94. The zero-order chi connectivity index (χ0) is 15.2. The Hall–Kier alpha value is -1.91. The lowest BCUT2D eigenvalue weighted by Crippen LogP contribution is -2.24. The summed E-state index contributed by atoms with van der Waals surface area (Å²) in [4.78, 5) is 12.1. The Morgan fingerprint density at radius 2 is 2.00 bits per heavy atom. The van der Waals surface area contributed by atoms with Gasteiger partial charge in [-0.15, -0.1) is 0 Å². The van der Waals surface area contributed by atoms with Crippen molar-refractivity contribution in [3.8, 4) is 5.69 Å². The maximum absolute atomic E-state index is 12.1. The van der Waals surface area contributed by atoms with E-state index in [9.17, 15) is 4.79 Å². The van der Waals surface area contributed by atoms with Gasteiger partial charge in [-0.25, -0.2) is 0 Å². The molecule has 0 fully saturated rings. The van der Waals surface area contributed by atoms with Crippen LogP contribution in [-0.4, -0.2) is 24.8 Å². The third kappa shape index (κ3) is 3.80. The molecule has 0 atom stereocenters. The summed E-state index contributed by atoms with van der Waals surface area (Å²) in [6, 6.07) is 9.86. The molecule has 1 N–H and O–H groups in total. The Balaban J connectivity index is 2.31. The van der Waals surface area contributed by atoms with Crippen LogP contribution >= 0.6 is 0 Å². The third-order valence-corrected chi connectivity index (χ3v) is 3.49. The van der Waals surface area contributed by atoms with Crippen molar-refractivity contribution in [1.29, 1.82) is 0 Å². The van der Waals surface area contributed by atoms with Crippen molar-refractivity contribution in [2.45, 2.75) is 20.4 Å². The second-order valence-corrected chi connectivity index (χ2v) is 5.13. The largest absolute Gasteiger partial charge is 0.383 e. The third-order valence-electron chi connectivity index (χ3n) is 3.49. The molecule has 4 nitrogen and oxygen atoms in total. The quantitative estimate of drug-likeness (QED) is 0.828. The lowest BCUT2D eigenvalue weighted by molar-refractivity contribution is 0.199. The van der Waals surface area contributed by atoms with Crippen LogP contribution in [0, 0.1) is 13.8 Å². The molecule has 0 bridgehead atoms. The number of rotatable bonds is 6. The first kappa shape index (κ1) is 15.5. The van der Waals surface area contributed by atoms with Gasteiger partial charge < -0.3 is 14.6 Å². The van der Waals surface area contributed by atoms with Gasteiger partial charge in [0.2, 0.25) is 0 Å². The van der Waals surface area contributed by atoms with Gasteiger partial charge >= 0.3 is 0 Å². The number of nitrogens with zero attached hydrogens (tertiary/aromatic N) is 1. The highest BCUT2D eigenvalue weighted by Crippen LogP contribution is 2.15. The minimum absolute atomic E-state index is 0.0715. The van der Waals surface area contributed by atoms with E-state index in [1.807, 2.05) is 25.3 Å². The van der Waals surface area contributed by atoms with Crippen LogP contribution in [0.5, 0.6) is 0 Å². The monoisotopic (exact) mass is 286 g/mol. The molecule has 4 heteroatoms. The second-order valence-electron chi connectivity index (χ2n) is 5.13. The van der Waals surface area contributed by atoms with Crippen molar-refractivity contribution >= 4 is 0 Å². The van der Waals surface area contributed by atoms with Crippen molar-refractivity contribution in [2.24, 2.45) is 0 Å². The number of pyridine rings is 1. The predicted octanol–water partition coefficient (Wildman–Crippen LogP) is 2.19. The topological polar surface area (TPSA) is 43.3 Å². The van der Waals surface area contributed by atoms with Crippen LogP contribution in [0.3, 0.4) is 0 Å². The lowest BCUT2D eigenvalue weighted by atomic mass is 10.1. The minimum Gasteiger partial charge on any atom is -0.383 e. The molecule has 1 aromatic carbocycles. The first-order valence-corrected chi connectivity index (χ1v) is 7.11. The van der Waals surface area contributed by atoms with E-state index in [0.717, 1.165) is 23.5 Å². The van der Waals surface area contributed by atoms with Crippen LogP contribution in [0.2, 0.25) is 0 Å². The zero-order valence-corrected chi connectivity index (χ0v) is 12.8. The smallest absolute Gasteiger partial charge is 0.186 e. The van der Waals surface area contributed by atoms with Crippen molar-refractivity contribution < 1.29 is 4.74 Å². The standard InChI is InChI=1S/C17H22N2O2/c1-13-6-4-5-7-16(13)19-12-15(11-18-8-9-21-3)17(20)10-14(19)2/h4-7,10,12,18H,8-9,11H2,1-3H3. The van der Waals surface area contributed by atoms with E-state index >= 15 is 0 Å². The van der Waals surface area contributed by atoms with Gasteiger partial charge in [0.05, 0.1) is 6.61 Å². The van der Waals surface area contributed by atoms with Gasteiger partial charge in [0.25, 0.3) is 0 Å². The second kappa shape index (κ2) is 7.20. The summed E-state index contributed by atoms with van der Waals surface area (Å²) in [5.74, 6) is 0. The molecule has 0 amide bonds. The molecular formula is C17H22N2O2. The molecule has 112 valence electrons. The Morgan fingerprint density at radius 3 is 2.71 bits per heavy atom. The Kier molecular flexibility index (Phi) is 5.31. The van der Waals surface area contributed by atoms with Crippen LogP contribution in [-0.2, 0) is 11.3 Å². The number of hydrogen-bond donors (Lipinski definition) is 1. The molecule has 1 heterocycles. The minimum atomic E-state index is 0.0715. The molecule has 2 aromatic rings. The molecule has 2 rings (SSSR count). The molecule has 0 saturated heterocycles. The van der Waals surface area contributed by atoms with E-state index in [2.05, 4.69) is 28.9 Å². The van der Waals surface area contributed by atoms with Gasteiger partial charge in [-0.05, 0) is 25.5 Å². The fraction of sp³-hybridized carbons (Fsp3) is 0.353. The normalized spacial score (nSPS) is 10.8. The maximum atomic E-state index is 12.1. The Morgan fingerprint density at radius 1 is 1.24 bits per heavy atom. The number of benzene rings is 1. The number of methoxy groups -OCH3 is 1. The summed E-state index contributed by atoms with van der Waals surface area (Å²) < 4.78 is 7.07. The number of para-hydroxylation sites is 1. The maximum Gasteiger partial charge on any atom is 0.186 e. The fourth-order valence-electron chi connectivity index (χ4n) is 2.30. The number of hydrogen-bond acceptors (Lipinski definition) is 3. The summed E-state index contributed by atoms with van der Waals surface area (Å²) in [6.07, 6.45) is 1.93. The highest BCUT2D eigenvalue weighted by atomic mass is 16.5. The molecule has 0 saturated carbocycles.